The van der Waals surface area contributed by atoms with Gasteiger partial charge in [-0.15, -0.1) is 0 Å². The van der Waals surface area contributed by atoms with Crippen LogP contribution in [0.4, 0.5) is 0 Å². The first kappa shape index (κ1) is 15.9. The highest BCUT2D eigenvalue weighted by Gasteiger charge is 2.18. The van der Waals surface area contributed by atoms with E-state index in [1.165, 1.54) is 0 Å². The third-order valence-corrected chi connectivity index (χ3v) is 3.53. The molecule has 124 valence electrons. The molecule has 0 atom stereocenters. The van der Waals surface area contributed by atoms with E-state index in [1.807, 2.05) is 48.5 Å². The fourth-order valence-corrected chi connectivity index (χ4v) is 2.26. The molecule has 0 aromatic heterocycles. The Kier molecular flexibility index (Phi) is 4.96. The van der Waals surface area contributed by atoms with Crippen molar-refractivity contribution < 1.29 is 19.1 Å². The van der Waals surface area contributed by atoms with Crippen molar-refractivity contribution in [3.05, 3.63) is 59.7 Å². The molecule has 0 fully saturated rings. The monoisotopic (exact) mass is 326 g/mol. The first-order chi connectivity index (χ1) is 11.8. The number of hydrogen-bond donors (Lipinski definition) is 0. The summed E-state index contributed by atoms with van der Waals surface area (Å²) in [6.45, 7) is 0.693. The number of oxime groups is 2. The van der Waals surface area contributed by atoms with Crippen LogP contribution in [0.3, 0.4) is 0 Å². The van der Waals surface area contributed by atoms with Gasteiger partial charge in [0, 0.05) is 11.1 Å². The second-order valence-electron chi connectivity index (χ2n) is 5.00. The molecule has 6 heteroatoms. The molecule has 0 aliphatic carbocycles. The van der Waals surface area contributed by atoms with E-state index in [2.05, 4.69) is 10.3 Å². The molecule has 0 saturated heterocycles. The van der Waals surface area contributed by atoms with Gasteiger partial charge in [-0.3, -0.25) is 0 Å². The van der Waals surface area contributed by atoms with Crippen LogP contribution >= 0.6 is 0 Å². The Labute approximate surface area is 140 Å². The minimum Gasteiger partial charge on any atom is -0.497 e. The molecule has 2 aromatic rings. The van der Waals surface area contributed by atoms with Gasteiger partial charge in [-0.2, -0.15) is 0 Å². The molecule has 3 rings (SSSR count). The van der Waals surface area contributed by atoms with Crippen molar-refractivity contribution in [2.24, 2.45) is 10.3 Å². The number of nitrogens with zero attached hydrogens (tertiary/aromatic N) is 2. The van der Waals surface area contributed by atoms with Gasteiger partial charge in [0.1, 0.15) is 22.9 Å². The van der Waals surface area contributed by atoms with Gasteiger partial charge in [-0.05, 0) is 48.5 Å². The zero-order chi connectivity index (χ0) is 16.8. The van der Waals surface area contributed by atoms with Gasteiger partial charge in [0.25, 0.3) is 0 Å². The lowest BCUT2D eigenvalue weighted by Gasteiger charge is -2.14. The van der Waals surface area contributed by atoms with Crippen molar-refractivity contribution >= 4 is 11.4 Å². The fraction of sp³-hybridized carbons (Fsp3) is 0.222. The smallest absolute Gasteiger partial charge is 0.153 e. The van der Waals surface area contributed by atoms with E-state index in [0.717, 1.165) is 22.6 Å². The van der Waals surface area contributed by atoms with E-state index >= 15 is 0 Å². The van der Waals surface area contributed by atoms with Crippen LogP contribution in [0.5, 0.6) is 11.5 Å². The van der Waals surface area contributed by atoms with Gasteiger partial charge in [-0.1, -0.05) is 10.3 Å². The quantitative estimate of drug-likeness (QED) is 0.867. The molecule has 6 nitrogen and oxygen atoms in total. The van der Waals surface area contributed by atoms with Crippen LogP contribution in [0, 0.1) is 0 Å². The minimum absolute atomic E-state index is 0.346. The average Bonchev–Trinajstić information content (AvgIpc) is 2.62. The lowest BCUT2D eigenvalue weighted by molar-refractivity contribution is 0.0515. The zero-order valence-corrected chi connectivity index (χ0v) is 13.6. The van der Waals surface area contributed by atoms with Crippen LogP contribution < -0.4 is 9.47 Å². The summed E-state index contributed by atoms with van der Waals surface area (Å²) < 4.78 is 10.4. The van der Waals surface area contributed by atoms with Gasteiger partial charge in [-0.25, -0.2) is 0 Å². The van der Waals surface area contributed by atoms with Gasteiger partial charge in [0.05, 0.1) is 14.2 Å². The summed E-state index contributed by atoms with van der Waals surface area (Å²) in [7, 11) is 3.26. The van der Waals surface area contributed by atoms with Crippen LogP contribution in [-0.4, -0.2) is 38.9 Å². The molecule has 0 saturated carbocycles. The van der Waals surface area contributed by atoms with Gasteiger partial charge < -0.3 is 19.1 Å². The maximum absolute atomic E-state index is 5.32. The summed E-state index contributed by atoms with van der Waals surface area (Å²) in [4.78, 5) is 10.6. The Morgan fingerprint density at radius 3 is 1.38 bits per heavy atom. The Hall–Kier alpha value is -3.02. The van der Waals surface area contributed by atoms with Gasteiger partial charge in [0.2, 0.25) is 0 Å². The normalized spacial score (nSPS) is 18.6. The molecule has 0 radical (unpaired) electrons. The predicted molar refractivity (Wildman–Crippen MR) is 91.0 cm³/mol. The Morgan fingerprint density at radius 2 is 1.04 bits per heavy atom. The van der Waals surface area contributed by atoms with Crippen LogP contribution in [0.1, 0.15) is 11.1 Å². The molecule has 0 spiro atoms. The summed E-state index contributed by atoms with van der Waals surface area (Å²) in [5.74, 6) is 1.54. The lowest BCUT2D eigenvalue weighted by atomic mass is 10.00. The molecule has 1 aliphatic rings. The molecule has 0 amide bonds. The second kappa shape index (κ2) is 7.50. The summed E-state index contributed by atoms with van der Waals surface area (Å²) >= 11 is 0. The van der Waals surface area contributed by atoms with Crippen molar-refractivity contribution in [2.45, 2.75) is 0 Å². The van der Waals surface area contributed by atoms with E-state index in [4.69, 9.17) is 19.1 Å². The Morgan fingerprint density at radius 1 is 0.667 bits per heavy atom. The van der Waals surface area contributed by atoms with Crippen LogP contribution in [0.2, 0.25) is 0 Å². The van der Waals surface area contributed by atoms with Gasteiger partial charge in [0.15, 0.2) is 13.2 Å². The number of hydrogen-bond acceptors (Lipinski definition) is 6. The highest BCUT2D eigenvalue weighted by molar-refractivity contribution is 6.53. The van der Waals surface area contributed by atoms with Gasteiger partial charge >= 0.3 is 0 Å². The second-order valence-corrected chi connectivity index (χ2v) is 5.00. The third kappa shape index (κ3) is 3.48. The SMILES string of the molecule is COc1ccc(C2=N/OCCO/N=C\2c2ccc(OC)cc2)cc1. The van der Waals surface area contributed by atoms with Crippen molar-refractivity contribution in [3.63, 3.8) is 0 Å². The largest absolute Gasteiger partial charge is 0.497 e. The number of ether oxygens (including phenoxy) is 2. The summed E-state index contributed by atoms with van der Waals surface area (Å²) in [5.41, 5.74) is 2.91. The summed E-state index contributed by atoms with van der Waals surface area (Å²) in [5, 5.41) is 8.49. The van der Waals surface area contributed by atoms with Crippen LogP contribution in [0.25, 0.3) is 0 Å². The molecule has 0 N–H and O–H groups in total. The molecule has 1 heterocycles. The van der Waals surface area contributed by atoms with Crippen LogP contribution in [0.15, 0.2) is 58.8 Å². The molecule has 2 aromatic carbocycles. The fourth-order valence-electron chi connectivity index (χ4n) is 2.26. The molecular weight excluding hydrogens is 308 g/mol. The standard InChI is InChI=1S/C18H18N2O4/c1-21-15-7-3-13(4-8-15)17-18(20-24-12-11-23-19-17)14-5-9-16(22-2)10-6-14/h3-10H,11-12H2,1-2H3/b19-17-,20-18-. The van der Waals surface area contributed by atoms with Crippen molar-refractivity contribution in [1.29, 1.82) is 0 Å². The number of benzene rings is 2. The van der Waals surface area contributed by atoms with E-state index in [9.17, 15) is 0 Å². The lowest BCUT2D eigenvalue weighted by Crippen LogP contribution is -2.21. The molecule has 1 aliphatic heterocycles. The minimum atomic E-state index is 0.346. The van der Waals surface area contributed by atoms with Crippen LogP contribution in [-0.2, 0) is 9.68 Å². The van der Waals surface area contributed by atoms with Crippen molar-refractivity contribution in [1.82, 2.24) is 0 Å². The van der Waals surface area contributed by atoms with Crippen molar-refractivity contribution in [3.8, 4) is 11.5 Å². The molecule has 24 heavy (non-hydrogen) atoms. The Balaban J connectivity index is 2.00. The molecule has 0 unspecified atom stereocenters. The maximum Gasteiger partial charge on any atom is 0.153 e. The molecule has 0 bridgehead atoms. The highest BCUT2D eigenvalue weighted by atomic mass is 16.7. The average molecular weight is 326 g/mol. The zero-order valence-electron chi connectivity index (χ0n) is 13.6. The topological polar surface area (TPSA) is 61.6 Å². The predicted octanol–water partition coefficient (Wildman–Crippen LogP) is 2.86. The highest BCUT2D eigenvalue weighted by Crippen LogP contribution is 2.18. The first-order valence-corrected chi connectivity index (χ1v) is 7.51. The maximum atomic E-state index is 5.32. The molecular formula is C18H18N2O4. The third-order valence-electron chi connectivity index (χ3n) is 3.53. The number of rotatable bonds is 4. The van der Waals surface area contributed by atoms with E-state index in [1.54, 1.807) is 14.2 Å². The Bertz CT molecular complexity index is 671. The first-order valence-electron chi connectivity index (χ1n) is 7.51. The summed E-state index contributed by atoms with van der Waals surface area (Å²) in [6, 6.07) is 15.1. The van der Waals surface area contributed by atoms with E-state index in [0.29, 0.717) is 24.6 Å². The van der Waals surface area contributed by atoms with Crippen molar-refractivity contribution in [2.75, 3.05) is 27.4 Å². The summed E-state index contributed by atoms with van der Waals surface area (Å²) in [6.07, 6.45) is 0. The van der Waals surface area contributed by atoms with E-state index < -0.39 is 0 Å². The number of methoxy groups -OCH3 is 2. The van der Waals surface area contributed by atoms with E-state index in [-0.39, 0.29) is 0 Å².